The zero-order valence-corrected chi connectivity index (χ0v) is 13.6. The molecule has 0 bridgehead atoms. The van der Waals surface area contributed by atoms with Crippen LogP contribution < -0.4 is 9.46 Å². The molecule has 0 aromatic heterocycles. The fourth-order valence-corrected chi connectivity index (χ4v) is 3.53. The van der Waals surface area contributed by atoms with Crippen molar-refractivity contribution in [2.24, 2.45) is 0 Å². The monoisotopic (exact) mass is 359 g/mol. The number of hydrogen-bond donors (Lipinski definition) is 1. The predicted octanol–water partition coefficient (Wildman–Crippen LogP) is 3.61. The van der Waals surface area contributed by atoms with Gasteiger partial charge in [-0.3, -0.25) is 0 Å². The van der Waals surface area contributed by atoms with Gasteiger partial charge >= 0.3 is 6.61 Å². The molecule has 4 nitrogen and oxygen atoms in total. The topological polar surface area (TPSA) is 55.4 Å². The van der Waals surface area contributed by atoms with Gasteiger partial charge in [0.05, 0.1) is 5.75 Å². The van der Waals surface area contributed by atoms with E-state index in [1.807, 2.05) is 0 Å². The Balaban J connectivity index is 2.07. The Hall–Kier alpha value is -2.06. The van der Waals surface area contributed by atoms with Crippen LogP contribution in [-0.2, 0) is 15.8 Å². The Kier molecular flexibility index (Phi) is 5.84. The lowest BCUT2D eigenvalue weighted by atomic mass is 10.1. The van der Waals surface area contributed by atoms with Gasteiger partial charge in [-0.2, -0.15) is 8.78 Å². The van der Waals surface area contributed by atoms with Crippen molar-refractivity contribution in [3.63, 3.8) is 0 Å². The predicted molar refractivity (Wildman–Crippen MR) is 83.6 cm³/mol. The van der Waals surface area contributed by atoms with Crippen molar-refractivity contribution >= 4 is 10.0 Å². The fraction of sp³-hybridized carbons (Fsp3) is 0.250. The number of alkyl halides is 2. The van der Waals surface area contributed by atoms with Crippen LogP contribution in [0.5, 0.6) is 5.75 Å². The van der Waals surface area contributed by atoms with Crippen molar-refractivity contribution in [2.75, 3.05) is 0 Å². The highest BCUT2D eigenvalue weighted by atomic mass is 32.2. The molecule has 0 saturated heterocycles. The molecule has 8 heteroatoms. The average Bonchev–Trinajstić information content (AvgIpc) is 2.48. The van der Waals surface area contributed by atoms with E-state index in [4.69, 9.17) is 0 Å². The fourth-order valence-electron chi connectivity index (χ4n) is 2.14. The number of sulfonamides is 1. The van der Waals surface area contributed by atoms with Crippen molar-refractivity contribution in [3.8, 4) is 5.75 Å². The Morgan fingerprint density at radius 2 is 1.79 bits per heavy atom. The standard InChI is InChI=1S/C16H16F3NO3S/c1-11(13-3-2-4-15(9-13)23-16(18)19)20-24(21,22)10-12-5-7-14(17)8-6-12/h2-9,11,16,20H,10H2,1H3. The smallest absolute Gasteiger partial charge is 0.387 e. The average molecular weight is 359 g/mol. The van der Waals surface area contributed by atoms with Crippen LogP contribution in [0.3, 0.4) is 0 Å². The van der Waals surface area contributed by atoms with Crippen molar-refractivity contribution in [1.82, 2.24) is 4.72 Å². The summed E-state index contributed by atoms with van der Waals surface area (Å²) in [5.74, 6) is -0.814. The van der Waals surface area contributed by atoms with Crippen molar-refractivity contribution < 1.29 is 26.3 Å². The maximum atomic E-state index is 12.8. The molecule has 2 aromatic carbocycles. The van der Waals surface area contributed by atoms with E-state index in [-0.39, 0.29) is 11.5 Å². The molecule has 0 radical (unpaired) electrons. The summed E-state index contributed by atoms with van der Waals surface area (Å²) in [6, 6.07) is 10.3. The summed E-state index contributed by atoms with van der Waals surface area (Å²) in [5, 5.41) is 0. The summed E-state index contributed by atoms with van der Waals surface area (Å²) in [5.41, 5.74) is 0.918. The largest absolute Gasteiger partial charge is 0.435 e. The normalized spacial score (nSPS) is 13.0. The lowest BCUT2D eigenvalue weighted by Gasteiger charge is -2.16. The lowest BCUT2D eigenvalue weighted by molar-refractivity contribution is -0.0499. The van der Waals surface area contributed by atoms with Crippen molar-refractivity contribution in [2.45, 2.75) is 25.3 Å². The number of benzene rings is 2. The Labute approximate surface area is 138 Å². The number of hydrogen-bond acceptors (Lipinski definition) is 3. The number of ether oxygens (including phenoxy) is 1. The summed E-state index contributed by atoms with van der Waals surface area (Å²) >= 11 is 0. The molecule has 0 heterocycles. The first-order chi connectivity index (χ1) is 11.2. The minimum atomic E-state index is -3.69. The van der Waals surface area contributed by atoms with E-state index in [2.05, 4.69) is 9.46 Å². The zero-order valence-electron chi connectivity index (χ0n) is 12.7. The molecule has 0 amide bonds. The second-order valence-electron chi connectivity index (χ2n) is 5.18. The molecule has 130 valence electrons. The van der Waals surface area contributed by atoms with Crippen molar-refractivity contribution in [3.05, 3.63) is 65.5 Å². The van der Waals surface area contributed by atoms with Crippen LogP contribution in [0, 0.1) is 5.82 Å². The second kappa shape index (κ2) is 7.67. The summed E-state index contributed by atoms with van der Waals surface area (Å²) in [6.45, 7) is -1.37. The maximum Gasteiger partial charge on any atom is 0.387 e. The molecule has 1 atom stereocenters. The molecule has 1 unspecified atom stereocenters. The number of halogens is 3. The molecule has 24 heavy (non-hydrogen) atoms. The van der Waals surface area contributed by atoms with E-state index in [0.717, 1.165) is 0 Å². The summed E-state index contributed by atoms with van der Waals surface area (Å²) in [6.07, 6.45) is 0. The van der Waals surface area contributed by atoms with E-state index < -0.39 is 28.5 Å². The highest BCUT2D eigenvalue weighted by Crippen LogP contribution is 2.21. The SMILES string of the molecule is CC(NS(=O)(=O)Cc1ccc(F)cc1)c1cccc(OC(F)F)c1. The maximum absolute atomic E-state index is 12.8. The molecule has 0 aliphatic heterocycles. The van der Waals surface area contributed by atoms with Crippen LogP contribution in [-0.4, -0.2) is 15.0 Å². The van der Waals surface area contributed by atoms with Crippen LogP contribution in [0.15, 0.2) is 48.5 Å². The van der Waals surface area contributed by atoms with E-state index >= 15 is 0 Å². The molecule has 0 aliphatic rings. The lowest BCUT2D eigenvalue weighted by Crippen LogP contribution is -2.28. The van der Waals surface area contributed by atoms with E-state index in [9.17, 15) is 21.6 Å². The summed E-state index contributed by atoms with van der Waals surface area (Å²) < 4.78 is 68.4. The first kappa shape index (κ1) is 18.3. The summed E-state index contributed by atoms with van der Waals surface area (Å²) in [7, 11) is -3.69. The molecule has 0 fully saturated rings. The van der Waals surface area contributed by atoms with Crippen molar-refractivity contribution in [1.29, 1.82) is 0 Å². The Morgan fingerprint density at radius 1 is 1.12 bits per heavy atom. The molecule has 0 aliphatic carbocycles. The van der Waals surface area contributed by atoms with Crippen LogP contribution in [0.1, 0.15) is 24.1 Å². The van der Waals surface area contributed by atoms with Gasteiger partial charge in [0.1, 0.15) is 11.6 Å². The Bertz CT molecular complexity index is 779. The quantitative estimate of drug-likeness (QED) is 0.822. The van der Waals surface area contributed by atoms with Gasteiger partial charge < -0.3 is 4.74 Å². The third kappa shape index (κ3) is 5.54. The van der Waals surface area contributed by atoms with Gasteiger partial charge in [0.25, 0.3) is 0 Å². The Morgan fingerprint density at radius 3 is 2.42 bits per heavy atom. The molecular formula is C16H16F3NO3S. The van der Waals surface area contributed by atoms with Gasteiger partial charge in [-0.25, -0.2) is 17.5 Å². The number of rotatable bonds is 7. The zero-order chi connectivity index (χ0) is 17.7. The van der Waals surface area contributed by atoms with Crippen LogP contribution in [0.4, 0.5) is 13.2 Å². The van der Waals surface area contributed by atoms with Gasteiger partial charge in [-0.15, -0.1) is 0 Å². The molecular weight excluding hydrogens is 343 g/mol. The highest BCUT2D eigenvalue weighted by Gasteiger charge is 2.17. The van der Waals surface area contributed by atoms with E-state index in [1.165, 1.54) is 42.5 Å². The van der Waals surface area contributed by atoms with Crippen LogP contribution >= 0.6 is 0 Å². The molecule has 1 N–H and O–H groups in total. The van der Waals surface area contributed by atoms with Crippen LogP contribution in [0.2, 0.25) is 0 Å². The highest BCUT2D eigenvalue weighted by molar-refractivity contribution is 7.88. The van der Waals surface area contributed by atoms with Gasteiger partial charge in [-0.05, 0) is 42.3 Å². The first-order valence-electron chi connectivity index (χ1n) is 7.04. The third-order valence-corrected chi connectivity index (χ3v) is 4.64. The molecule has 2 rings (SSSR count). The minimum Gasteiger partial charge on any atom is -0.435 e. The van der Waals surface area contributed by atoms with Gasteiger partial charge in [0.15, 0.2) is 0 Å². The van der Waals surface area contributed by atoms with E-state index in [0.29, 0.717) is 11.1 Å². The molecule has 2 aromatic rings. The summed E-state index contributed by atoms with van der Waals surface area (Å²) in [4.78, 5) is 0. The number of nitrogens with one attached hydrogen (secondary N) is 1. The van der Waals surface area contributed by atoms with E-state index in [1.54, 1.807) is 13.0 Å². The first-order valence-corrected chi connectivity index (χ1v) is 8.69. The molecule has 0 saturated carbocycles. The third-order valence-electron chi connectivity index (χ3n) is 3.21. The van der Waals surface area contributed by atoms with Crippen LogP contribution in [0.25, 0.3) is 0 Å². The van der Waals surface area contributed by atoms with Gasteiger partial charge in [0, 0.05) is 6.04 Å². The molecule has 0 spiro atoms. The minimum absolute atomic E-state index is 0.0490. The van der Waals surface area contributed by atoms with Gasteiger partial charge in [0.2, 0.25) is 10.0 Å². The van der Waals surface area contributed by atoms with Gasteiger partial charge in [-0.1, -0.05) is 24.3 Å². The second-order valence-corrected chi connectivity index (χ2v) is 6.93.